The molecule has 5 nitrogen and oxygen atoms in total. The van der Waals surface area contributed by atoms with Crippen LogP contribution in [0.1, 0.15) is 41.6 Å². The second-order valence-corrected chi connectivity index (χ2v) is 7.23. The zero-order valence-electron chi connectivity index (χ0n) is 16.3. The van der Waals surface area contributed by atoms with Gasteiger partial charge in [-0.15, -0.1) is 0 Å². The van der Waals surface area contributed by atoms with Crippen LogP contribution in [0.2, 0.25) is 0 Å². The third kappa shape index (κ3) is 6.12. The topological polar surface area (TPSA) is 61.4 Å². The molecule has 0 radical (unpaired) electrons. The molecule has 0 spiro atoms. The van der Waals surface area contributed by atoms with Gasteiger partial charge in [-0.2, -0.15) is 0 Å². The number of benzene rings is 2. The van der Waals surface area contributed by atoms with E-state index in [2.05, 4.69) is 22.8 Å². The molecule has 5 heteroatoms. The van der Waals surface area contributed by atoms with Gasteiger partial charge < -0.3 is 15.5 Å². The summed E-state index contributed by atoms with van der Waals surface area (Å²) in [5, 5.41) is 6.04. The van der Waals surface area contributed by atoms with Crippen molar-refractivity contribution in [2.75, 3.05) is 31.5 Å². The maximum Gasteiger partial charge on any atom is 0.253 e. The first-order valence-corrected chi connectivity index (χ1v) is 10.2. The van der Waals surface area contributed by atoms with Gasteiger partial charge in [0, 0.05) is 30.9 Å². The van der Waals surface area contributed by atoms with Gasteiger partial charge in [-0.1, -0.05) is 49.2 Å². The lowest BCUT2D eigenvalue weighted by Gasteiger charge is -2.20. The molecule has 3 rings (SSSR count). The Morgan fingerprint density at radius 3 is 2.39 bits per heavy atom. The highest BCUT2D eigenvalue weighted by Gasteiger charge is 2.17. The minimum atomic E-state index is -0.0554. The molecule has 1 heterocycles. The molecular formula is C23H29N3O2. The van der Waals surface area contributed by atoms with Gasteiger partial charge in [0.25, 0.3) is 5.91 Å². The van der Waals surface area contributed by atoms with E-state index in [1.807, 2.05) is 47.4 Å². The van der Waals surface area contributed by atoms with Gasteiger partial charge in [-0.3, -0.25) is 9.59 Å². The highest BCUT2D eigenvalue weighted by atomic mass is 16.2. The van der Waals surface area contributed by atoms with Crippen molar-refractivity contribution in [3.63, 3.8) is 0 Å². The van der Waals surface area contributed by atoms with E-state index < -0.39 is 0 Å². The van der Waals surface area contributed by atoms with E-state index in [0.717, 1.165) is 38.0 Å². The Balaban J connectivity index is 1.46. The van der Waals surface area contributed by atoms with E-state index in [1.165, 1.54) is 18.4 Å². The molecule has 1 saturated heterocycles. The minimum absolute atomic E-state index is 0.0554. The lowest BCUT2D eigenvalue weighted by Crippen LogP contribution is -2.32. The van der Waals surface area contributed by atoms with Gasteiger partial charge >= 0.3 is 0 Å². The number of nitrogens with zero attached hydrogens (tertiary/aromatic N) is 1. The van der Waals surface area contributed by atoms with Crippen LogP contribution in [0.25, 0.3) is 0 Å². The molecule has 0 bridgehead atoms. The lowest BCUT2D eigenvalue weighted by atomic mass is 10.1. The normalized spacial score (nSPS) is 14.2. The molecule has 148 valence electrons. The molecule has 2 aromatic rings. The lowest BCUT2D eigenvalue weighted by molar-refractivity contribution is -0.119. The predicted octanol–water partition coefficient (Wildman–Crippen LogP) is 3.47. The van der Waals surface area contributed by atoms with Crippen molar-refractivity contribution in [2.45, 2.75) is 32.1 Å². The third-order valence-electron chi connectivity index (χ3n) is 5.03. The Bertz CT molecular complexity index is 768. The number of nitrogens with one attached hydrogen (secondary N) is 2. The van der Waals surface area contributed by atoms with Crippen LogP contribution >= 0.6 is 0 Å². The van der Waals surface area contributed by atoms with Gasteiger partial charge in [0.05, 0.1) is 6.54 Å². The Morgan fingerprint density at radius 1 is 0.893 bits per heavy atom. The summed E-state index contributed by atoms with van der Waals surface area (Å²) in [6.07, 6.45) is 5.36. The molecular weight excluding hydrogens is 350 g/mol. The summed E-state index contributed by atoms with van der Waals surface area (Å²) in [5.41, 5.74) is 2.67. The fraction of sp³-hybridized carbons (Fsp3) is 0.391. The second-order valence-electron chi connectivity index (χ2n) is 7.23. The van der Waals surface area contributed by atoms with Crippen LogP contribution in [-0.4, -0.2) is 42.9 Å². The van der Waals surface area contributed by atoms with Gasteiger partial charge in [-0.05, 0) is 43.0 Å². The smallest absolute Gasteiger partial charge is 0.253 e. The Labute approximate surface area is 167 Å². The Morgan fingerprint density at radius 2 is 1.64 bits per heavy atom. The second kappa shape index (κ2) is 10.5. The van der Waals surface area contributed by atoms with Crippen molar-refractivity contribution >= 4 is 17.5 Å². The van der Waals surface area contributed by atoms with E-state index in [1.54, 1.807) is 0 Å². The molecule has 1 aliphatic rings. The highest BCUT2D eigenvalue weighted by molar-refractivity contribution is 5.95. The molecule has 0 aromatic heterocycles. The fourth-order valence-electron chi connectivity index (χ4n) is 3.45. The zero-order valence-corrected chi connectivity index (χ0v) is 16.3. The predicted molar refractivity (Wildman–Crippen MR) is 112 cm³/mol. The minimum Gasteiger partial charge on any atom is -0.376 e. The number of rotatable bonds is 7. The molecule has 0 aliphatic carbocycles. The summed E-state index contributed by atoms with van der Waals surface area (Å²) in [7, 11) is 0. The number of carbonyl (C=O) groups is 2. The third-order valence-corrected chi connectivity index (χ3v) is 5.03. The van der Waals surface area contributed by atoms with Crippen molar-refractivity contribution in [3.05, 3.63) is 65.7 Å². The molecule has 2 N–H and O–H groups in total. The van der Waals surface area contributed by atoms with E-state index in [-0.39, 0.29) is 18.4 Å². The Kier molecular flexibility index (Phi) is 7.47. The first kappa shape index (κ1) is 19.9. The quantitative estimate of drug-likeness (QED) is 0.774. The molecule has 2 aromatic carbocycles. The van der Waals surface area contributed by atoms with Gasteiger partial charge in [0.1, 0.15) is 0 Å². The largest absolute Gasteiger partial charge is 0.376 e. The average Bonchev–Trinajstić information content (AvgIpc) is 3.02. The first-order valence-electron chi connectivity index (χ1n) is 10.2. The number of carbonyl (C=O) groups excluding carboxylic acids is 2. The summed E-state index contributed by atoms with van der Waals surface area (Å²) >= 11 is 0. The summed E-state index contributed by atoms with van der Waals surface area (Å²) in [6.45, 7) is 2.47. The van der Waals surface area contributed by atoms with Crippen molar-refractivity contribution in [3.8, 4) is 0 Å². The van der Waals surface area contributed by atoms with E-state index >= 15 is 0 Å². The molecule has 0 unspecified atom stereocenters. The molecule has 2 amide bonds. The van der Waals surface area contributed by atoms with Crippen LogP contribution in [0.3, 0.4) is 0 Å². The number of amides is 2. The van der Waals surface area contributed by atoms with Crippen LogP contribution in [0.5, 0.6) is 0 Å². The van der Waals surface area contributed by atoms with Crippen LogP contribution < -0.4 is 10.6 Å². The van der Waals surface area contributed by atoms with Crippen molar-refractivity contribution in [2.24, 2.45) is 0 Å². The molecule has 1 aliphatic heterocycles. The van der Waals surface area contributed by atoms with Gasteiger partial charge in [0.15, 0.2) is 0 Å². The summed E-state index contributed by atoms with van der Waals surface area (Å²) in [4.78, 5) is 26.7. The van der Waals surface area contributed by atoms with Crippen molar-refractivity contribution in [1.82, 2.24) is 10.2 Å². The molecule has 28 heavy (non-hydrogen) atoms. The fourth-order valence-corrected chi connectivity index (χ4v) is 3.45. The SMILES string of the molecule is O=C(CNc1cccc(C(=O)N2CCCCCC2)c1)NCCc1ccccc1. The summed E-state index contributed by atoms with van der Waals surface area (Å²) in [6, 6.07) is 17.5. The van der Waals surface area contributed by atoms with E-state index in [0.29, 0.717) is 12.1 Å². The zero-order chi connectivity index (χ0) is 19.6. The molecule has 1 fully saturated rings. The van der Waals surface area contributed by atoms with Crippen molar-refractivity contribution < 1.29 is 9.59 Å². The van der Waals surface area contributed by atoms with Gasteiger partial charge in [-0.25, -0.2) is 0 Å². The Hall–Kier alpha value is -2.82. The van der Waals surface area contributed by atoms with Crippen LogP contribution in [-0.2, 0) is 11.2 Å². The molecule has 0 saturated carbocycles. The van der Waals surface area contributed by atoms with E-state index in [9.17, 15) is 9.59 Å². The van der Waals surface area contributed by atoms with Crippen LogP contribution in [0.15, 0.2) is 54.6 Å². The number of hydrogen-bond donors (Lipinski definition) is 2. The molecule has 0 atom stereocenters. The average molecular weight is 380 g/mol. The number of hydrogen-bond acceptors (Lipinski definition) is 3. The number of likely N-dealkylation sites (tertiary alicyclic amines) is 1. The van der Waals surface area contributed by atoms with Crippen LogP contribution in [0.4, 0.5) is 5.69 Å². The summed E-state index contributed by atoms with van der Waals surface area (Å²) in [5.74, 6) is 0.0260. The monoisotopic (exact) mass is 379 g/mol. The van der Waals surface area contributed by atoms with Crippen LogP contribution in [0, 0.1) is 0 Å². The maximum atomic E-state index is 12.7. The van der Waals surface area contributed by atoms with Gasteiger partial charge in [0.2, 0.25) is 5.91 Å². The number of anilines is 1. The highest BCUT2D eigenvalue weighted by Crippen LogP contribution is 2.16. The summed E-state index contributed by atoms with van der Waals surface area (Å²) < 4.78 is 0. The standard InChI is InChI=1S/C23H29N3O2/c27-22(24-14-13-19-9-4-3-5-10-19)18-25-21-12-8-11-20(17-21)23(28)26-15-6-1-2-7-16-26/h3-5,8-12,17,25H,1-2,6-7,13-16,18H2,(H,24,27). The van der Waals surface area contributed by atoms with Crippen molar-refractivity contribution in [1.29, 1.82) is 0 Å². The first-order chi connectivity index (χ1) is 13.7. The van der Waals surface area contributed by atoms with E-state index in [4.69, 9.17) is 0 Å². The maximum absolute atomic E-state index is 12.7.